The first-order chi connectivity index (χ1) is 57.3. The van der Waals surface area contributed by atoms with Gasteiger partial charge in [0.1, 0.15) is 39.6 Å². The van der Waals surface area contributed by atoms with Gasteiger partial charge < -0.3 is 17.7 Å². The summed E-state index contributed by atoms with van der Waals surface area (Å²) < 4.78 is 81.0. The molecule has 0 saturated heterocycles. The second-order valence-corrected chi connectivity index (χ2v) is 29.7. The Balaban J connectivity index is 0.000000114. The van der Waals surface area contributed by atoms with Crippen molar-refractivity contribution in [1.29, 1.82) is 0 Å². The molecular weight excluding hydrogens is 1390 g/mol. The summed E-state index contributed by atoms with van der Waals surface area (Å²) in [5.74, 6) is 5.86. The maximum atomic E-state index is 8.06. The fourth-order valence-electron chi connectivity index (χ4n) is 16.5. The van der Waals surface area contributed by atoms with E-state index in [1.54, 1.807) is 12.4 Å². The molecule has 4 aliphatic rings. The zero-order valence-electron chi connectivity index (χ0n) is 71.3. The van der Waals surface area contributed by atoms with Crippen LogP contribution in [-0.2, 0) is 28.2 Å². The Labute approximate surface area is 671 Å². The molecule has 0 saturated carbocycles. The number of para-hydroxylation sites is 3. The van der Waals surface area contributed by atoms with E-state index in [4.69, 9.17) is 25.9 Å². The molecule has 13 heterocycles. The third-order valence-corrected chi connectivity index (χ3v) is 22.4. The Morgan fingerprint density at radius 1 is 0.327 bits per heavy atom. The van der Waals surface area contributed by atoms with Gasteiger partial charge in [-0.1, -0.05) is 176 Å². The molecule has 0 aliphatic carbocycles. The number of rotatable bonds is 8. The Hall–Kier alpha value is -13.1. The van der Waals surface area contributed by atoms with Crippen LogP contribution in [0.5, 0.6) is 0 Å². The largest absolute Gasteiger partial charge is 0.465 e. The zero-order valence-corrected chi connectivity index (χ0v) is 65.3. The van der Waals surface area contributed by atoms with Gasteiger partial charge in [-0.05, 0) is 160 Å². The quantitative estimate of drug-likeness (QED) is 0.109. The SMILES string of the molecule is CB1c2c(oc3nc(C)ccc23)C=CN1c1cc(C)c(-c2ccccc2)c[n+]1C.CB1c2oc3ccccc3c2C=CN1c1cc(C)c(-c2ccccc2)c[n+]1C.[2H]C([2H])([2H])c1c[n+](C)c(N2C=Cc3c(oc4ccccc34)B2C)cc1-c1ccccc1.[2H]C([2H])([2H])c1c[n+](C)c(N2C=Cc3oc4ccccc4c3B2C)cc1-c1ccccc1. The lowest BCUT2D eigenvalue weighted by atomic mass is 9.54. The van der Waals surface area contributed by atoms with Crippen molar-refractivity contribution in [1.82, 2.24) is 4.98 Å². The Morgan fingerprint density at radius 2 is 0.673 bits per heavy atom. The van der Waals surface area contributed by atoms with Crippen LogP contribution < -0.4 is 59.8 Å². The van der Waals surface area contributed by atoms with Gasteiger partial charge in [0, 0.05) is 105 Å². The van der Waals surface area contributed by atoms with Crippen molar-refractivity contribution in [2.45, 2.75) is 61.8 Å². The average molecular weight is 1480 g/mol. The first-order valence-electron chi connectivity index (χ1n) is 41.5. The zero-order chi connectivity index (χ0) is 82.9. The van der Waals surface area contributed by atoms with Crippen LogP contribution in [0.15, 0.2) is 298 Å². The second kappa shape index (κ2) is 30.3. The number of fused-ring (bicyclic) bond motifs is 12. The molecule has 0 radical (unpaired) electrons. The molecule has 4 aliphatic heterocycles. The second-order valence-electron chi connectivity index (χ2n) is 29.7. The maximum Gasteiger partial charge on any atom is 0.447 e. The first-order valence-corrected chi connectivity index (χ1v) is 38.5. The summed E-state index contributed by atoms with van der Waals surface area (Å²) in [6.07, 6.45) is 24.5. The summed E-state index contributed by atoms with van der Waals surface area (Å²) in [5.41, 5.74) is 22.3. The van der Waals surface area contributed by atoms with Crippen molar-refractivity contribution < 1.29 is 44.2 Å². The number of furan rings is 4. The van der Waals surface area contributed by atoms with Gasteiger partial charge in [0.25, 0.3) is 23.3 Å². The summed E-state index contributed by atoms with van der Waals surface area (Å²) in [7, 11) is 7.99. The summed E-state index contributed by atoms with van der Waals surface area (Å²) in [4.78, 5) is 13.4. The molecule has 0 N–H and O–H groups in total. The van der Waals surface area contributed by atoms with E-state index in [0.717, 1.165) is 112 Å². The minimum Gasteiger partial charge on any atom is -0.465 e. The maximum absolute atomic E-state index is 8.06. The number of aryl methyl sites for hydroxylation is 9. The Bertz CT molecular complexity index is 6700. The number of hydrogen-bond acceptors (Lipinski definition) is 9. The lowest BCUT2D eigenvalue weighted by molar-refractivity contribution is -0.658. The number of aromatic nitrogens is 5. The number of anilines is 4. The average Bonchev–Trinajstić information content (AvgIpc) is 1.76. The van der Waals surface area contributed by atoms with Crippen LogP contribution in [0.25, 0.3) is 113 Å². The molecule has 0 amide bonds. The van der Waals surface area contributed by atoms with Gasteiger partial charge in [-0.3, -0.25) is 19.2 Å². The van der Waals surface area contributed by atoms with Gasteiger partial charge in [-0.15, -0.1) is 0 Å². The lowest BCUT2D eigenvalue weighted by Gasteiger charge is -2.23. The van der Waals surface area contributed by atoms with E-state index in [9.17, 15) is 0 Å². The predicted octanol–water partition coefficient (Wildman–Crippen LogP) is 17.9. The molecule has 0 bridgehead atoms. The van der Waals surface area contributed by atoms with E-state index >= 15 is 0 Å². The fraction of sp³-hybridized carbons (Fsp3) is 0.135. The number of hydrogen-bond donors (Lipinski definition) is 0. The lowest BCUT2D eigenvalue weighted by Crippen LogP contribution is -2.50. The molecule has 7 aromatic carbocycles. The van der Waals surface area contributed by atoms with E-state index in [-0.39, 0.29) is 27.4 Å². The fourth-order valence-corrected chi connectivity index (χ4v) is 16.5. The standard InChI is InChI=1S/C24H23BN3O.3C24H22BN2O/c1-16-14-22(27(4)15-20(16)18-8-6-5-7-9-18)28-13-12-21-23(25(28)3)19-11-10-17(2)26-24(19)29-21;1-17-16-26(3)23(15-20(17)18-9-5-4-6-10-18)27-14-13-22-24(25(27)2)19-11-7-8-12-21(19)28-22;1-17-16-26(3)23(15-21(17)18-9-5-4-6-10-18)27-14-13-20-19-11-7-8-12-22(19)28-24(20)25(27)2;1-17-15-23(26(3)16-21(17)18-9-5-4-6-10-18)27-14-13-20-19-11-7-8-12-22(19)28-24(20)25(27)2/h5-15H,1-4H3;3*4-16H,1-3H3/q4*+1/i;2*1D3;. The van der Waals surface area contributed by atoms with Crippen molar-refractivity contribution in [3.63, 3.8) is 0 Å². The monoisotopic (exact) mass is 1480 g/mol. The first kappa shape index (κ1) is 65.7. The van der Waals surface area contributed by atoms with Crippen LogP contribution >= 0.6 is 0 Å². The number of nitrogens with zero attached hydrogens (tertiary/aromatic N) is 9. The predicted molar refractivity (Wildman–Crippen MR) is 470 cm³/mol. The summed E-state index contributed by atoms with van der Waals surface area (Å²) in [6.45, 7) is 10.8. The van der Waals surface area contributed by atoms with Gasteiger partial charge in [0.05, 0.1) is 77.8 Å². The Morgan fingerprint density at radius 3 is 1.11 bits per heavy atom. The highest BCUT2D eigenvalue weighted by Crippen LogP contribution is 2.36. The van der Waals surface area contributed by atoms with E-state index in [2.05, 4.69) is 229 Å². The molecule has 13 nitrogen and oxygen atoms in total. The van der Waals surface area contributed by atoms with Crippen LogP contribution in [0.4, 0.5) is 23.3 Å². The molecule has 0 unspecified atom stereocenters. The third-order valence-electron chi connectivity index (χ3n) is 22.4. The van der Waals surface area contributed by atoms with Crippen LogP contribution in [0.3, 0.4) is 0 Å². The molecule has 0 atom stereocenters. The Kier molecular flexibility index (Phi) is 17.6. The number of pyridine rings is 5. The normalized spacial score (nSPS) is 14.3. The van der Waals surface area contributed by atoms with Gasteiger partial charge in [0.15, 0.2) is 0 Å². The molecule has 0 spiro atoms. The van der Waals surface area contributed by atoms with Crippen LogP contribution in [-0.4, -0.2) is 32.4 Å². The highest BCUT2D eigenvalue weighted by atomic mass is 16.3. The molecule has 550 valence electrons. The van der Waals surface area contributed by atoms with Crippen LogP contribution in [0.1, 0.15) is 58.8 Å². The van der Waals surface area contributed by atoms with Gasteiger partial charge in [0.2, 0.25) is 5.71 Å². The van der Waals surface area contributed by atoms with E-state index in [0.29, 0.717) is 22.4 Å². The molecule has 20 rings (SSSR count). The summed E-state index contributed by atoms with van der Waals surface area (Å²) in [5, 5.41) is 4.48. The highest BCUT2D eigenvalue weighted by molar-refractivity contribution is 6.80. The molecule has 17 heteroatoms. The van der Waals surface area contributed by atoms with Crippen molar-refractivity contribution in [3.8, 4) is 44.5 Å². The smallest absolute Gasteiger partial charge is 0.447 e. The molecule has 0 fully saturated rings. The van der Waals surface area contributed by atoms with E-state index < -0.39 is 13.7 Å². The van der Waals surface area contributed by atoms with Crippen molar-refractivity contribution in [2.75, 3.05) is 19.2 Å². The number of benzene rings is 7. The van der Waals surface area contributed by atoms with Gasteiger partial charge in [-0.25, -0.2) is 23.3 Å². The van der Waals surface area contributed by atoms with E-state index in [1.165, 1.54) is 49.8 Å². The van der Waals surface area contributed by atoms with E-state index in [1.807, 2.05) is 182 Å². The summed E-state index contributed by atoms with van der Waals surface area (Å²) in [6, 6.07) is 77.4. The minimum absolute atomic E-state index is 0.0251. The van der Waals surface area contributed by atoms with Crippen molar-refractivity contribution >= 4 is 141 Å². The van der Waals surface area contributed by atoms with Crippen molar-refractivity contribution in [3.05, 3.63) is 331 Å². The topological polar surface area (TPSA) is 93.9 Å². The van der Waals surface area contributed by atoms with Gasteiger partial charge in [-0.2, -0.15) is 0 Å². The van der Waals surface area contributed by atoms with Crippen LogP contribution in [0, 0.1) is 34.5 Å². The van der Waals surface area contributed by atoms with Gasteiger partial charge >= 0.3 is 27.4 Å². The minimum atomic E-state index is -2.21. The van der Waals surface area contributed by atoms with Crippen molar-refractivity contribution in [2.24, 2.45) is 28.2 Å². The molecule has 16 aromatic rings. The summed E-state index contributed by atoms with van der Waals surface area (Å²) >= 11 is 0. The third kappa shape index (κ3) is 13.6. The molecular formula is C96H89B4N9O4+4. The molecule has 113 heavy (non-hydrogen) atoms. The van der Waals surface area contributed by atoms with Crippen LogP contribution in [0.2, 0.25) is 27.3 Å². The molecule has 9 aromatic heterocycles. The highest BCUT2D eigenvalue weighted by Gasteiger charge is 2.42.